The maximum absolute atomic E-state index is 13.2. The van der Waals surface area contributed by atoms with Crippen molar-refractivity contribution in [2.75, 3.05) is 5.32 Å². The number of hydrogen-bond donors (Lipinski definition) is 2. The Morgan fingerprint density at radius 3 is 2.67 bits per heavy atom. The van der Waals surface area contributed by atoms with Crippen LogP contribution in [0.15, 0.2) is 59.8 Å². The fraction of sp³-hybridized carbons (Fsp3) is 0.261. The van der Waals surface area contributed by atoms with Crippen LogP contribution < -0.4 is 5.32 Å². The third-order valence-electron chi connectivity index (χ3n) is 5.62. The van der Waals surface area contributed by atoms with Gasteiger partial charge < -0.3 is 10.4 Å². The second kappa shape index (κ2) is 6.71. The Balaban J connectivity index is 1.68. The molecule has 5 rings (SSSR count). The van der Waals surface area contributed by atoms with Gasteiger partial charge in [0.1, 0.15) is 11.8 Å². The summed E-state index contributed by atoms with van der Waals surface area (Å²) in [5.74, 6) is 1.41. The van der Waals surface area contributed by atoms with Crippen LogP contribution >= 0.6 is 11.6 Å². The highest BCUT2D eigenvalue weighted by molar-refractivity contribution is 6.30. The van der Waals surface area contributed by atoms with Crippen molar-refractivity contribution in [2.45, 2.75) is 32.7 Å². The first-order valence-electron chi connectivity index (χ1n) is 9.85. The Morgan fingerprint density at radius 2 is 1.93 bits per heavy atom. The lowest BCUT2D eigenvalue weighted by Gasteiger charge is -2.38. The first-order valence-corrected chi connectivity index (χ1v) is 10.2. The molecule has 0 radical (unpaired) electrons. The number of phenolic OH excluding ortho intramolecular Hbond substituents is 1. The molecule has 7 heteroatoms. The van der Waals surface area contributed by atoms with Gasteiger partial charge in [-0.1, -0.05) is 49.7 Å². The third kappa shape index (κ3) is 3.17. The first-order chi connectivity index (χ1) is 14.3. The van der Waals surface area contributed by atoms with Gasteiger partial charge in [0.15, 0.2) is 11.6 Å². The third-order valence-corrected chi connectivity index (χ3v) is 5.86. The number of carbonyl (C=O) groups excluding carboxylic acids is 1. The normalized spacial score (nSPS) is 19.8. The number of allylic oxidation sites excluding steroid dienone is 2. The van der Waals surface area contributed by atoms with Crippen LogP contribution in [0.25, 0.3) is 11.4 Å². The monoisotopic (exact) mass is 420 g/mol. The second-order valence-electron chi connectivity index (χ2n) is 8.67. The average molecular weight is 421 g/mol. The molecule has 0 spiro atoms. The van der Waals surface area contributed by atoms with Crippen molar-refractivity contribution in [1.29, 1.82) is 0 Å². The number of aromatic nitrogens is 3. The van der Waals surface area contributed by atoms with Crippen molar-refractivity contribution < 1.29 is 9.90 Å². The zero-order chi connectivity index (χ0) is 21.0. The molecular formula is C23H21ClN4O2. The highest BCUT2D eigenvalue weighted by atomic mass is 35.5. The molecule has 152 valence electrons. The van der Waals surface area contributed by atoms with Gasteiger partial charge in [-0.25, -0.2) is 4.68 Å². The molecular weight excluding hydrogens is 400 g/mol. The summed E-state index contributed by atoms with van der Waals surface area (Å²) in [6.07, 6.45) is 1.23. The minimum absolute atomic E-state index is 0.109. The molecule has 2 N–H and O–H groups in total. The molecule has 2 aliphatic rings. The second-order valence-corrected chi connectivity index (χ2v) is 9.10. The van der Waals surface area contributed by atoms with Crippen LogP contribution in [0.3, 0.4) is 0 Å². The van der Waals surface area contributed by atoms with Crippen LogP contribution in [0.2, 0.25) is 5.02 Å². The van der Waals surface area contributed by atoms with E-state index in [1.807, 2.05) is 30.3 Å². The number of benzene rings is 2. The number of rotatable bonds is 2. The molecule has 0 saturated heterocycles. The zero-order valence-corrected chi connectivity index (χ0v) is 17.4. The van der Waals surface area contributed by atoms with Gasteiger partial charge in [0.25, 0.3) is 0 Å². The van der Waals surface area contributed by atoms with Gasteiger partial charge in [-0.3, -0.25) is 4.79 Å². The number of ketones is 1. The molecule has 1 aliphatic carbocycles. The number of hydrogen-bond acceptors (Lipinski definition) is 5. The van der Waals surface area contributed by atoms with E-state index < -0.39 is 6.04 Å². The Morgan fingerprint density at radius 1 is 1.17 bits per heavy atom. The summed E-state index contributed by atoms with van der Waals surface area (Å²) in [6.45, 7) is 4.20. The van der Waals surface area contributed by atoms with Crippen LogP contribution in [0.1, 0.15) is 38.3 Å². The number of nitrogens with zero attached hydrogens (tertiary/aromatic N) is 3. The highest BCUT2D eigenvalue weighted by Gasteiger charge is 2.41. The van der Waals surface area contributed by atoms with Crippen molar-refractivity contribution in [3.8, 4) is 17.1 Å². The van der Waals surface area contributed by atoms with Crippen molar-refractivity contribution in [3.63, 3.8) is 0 Å². The van der Waals surface area contributed by atoms with Crippen molar-refractivity contribution in [3.05, 3.63) is 70.4 Å². The van der Waals surface area contributed by atoms with E-state index in [9.17, 15) is 9.90 Å². The van der Waals surface area contributed by atoms with Gasteiger partial charge in [0, 0.05) is 28.3 Å². The van der Waals surface area contributed by atoms with Crippen LogP contribution in [0, 0.1) is 5.41 Å². The zero-order valence-electron chi connectivity index (χ0n) is 16.7. The number of Topliss-reactive ketones (excluding diaryl/α,β-unsaturated/α-hetero) is 1. The number of halogens is 1. The Hall–Kier alpha value is -3.12. The lowest BCUT2D eigenvalue weighted by atomic mass is 9.73. The molecule has 30 heavy (non-hydrogen) atoms. The molecule has 2 aromatic carbocycles. The van der Waals surface area contributed by atoms with Crippen molar-refractivity contribution in [1.82, 2.24) is 14.8 Å². The van der Waals surface area contributed by atoms with E-state index >= 15 is 0 Å². The molecule has 1 atom stereocenters. The smallest absolute Gasteiger partial charge is 0.226 e. The summed E-state index contributed by atoms with van der Waals surface area (Å²) >= 11 is 6.16. The van der Waals surface area contributed by atoms with Gasteiger partial charge in [-0.05, 0) is 41.7 Å². The van der Waals surface area contributed by atoms with E-state index in [-0.39, 0.29) is 16.9 Å². The predicted molar refractivity (Wildman–Crippen MR) is 115 cm³/mol. The van der Waals surface area contributed by atoms with Crippen LogP contribution in [0.4, 0.5) is 5.95 Å². The first kappa shape index (κ1) is 18.9. The van der Waals surface area contributed by atoms with Gasteiger partial charge in [0.05, 0.1) is 0 Å². The molecule has 6 nitrogen and oxygen atoms in total. The Bertz CT molecular complexity index is 1190. The number of phenols is 1. The maximum Gasteiger partial charge on any atom is 0.226 e. The van der Waals surface area contributed by atoms with Crippen LogP contribution in [-0.2, 0) is 4.79 Å². The largest absolute Gasteiger partial charge is 0.508 e. The number of anilines is 1. The minimum atomic E-state index is -0.402. The molecule has 3 aromatic rings. The standard InChI is InChI=1S/C23H21ClN4O2/c1-23(2)11-17-19(18(30)12-23)20(13-6-8-16(29)9-7-13)28-22(25-17)26-21(27-28)14-4-3-5-15(24)10-14/h3-10,20,29H,11-12H2,1-2H3,(H,25,26,27)/t20-/m0/s1. The lowest BCUT2D eigenvalue weighted by molar-refractivity contribution is -0.118. The van der Waals surface area contributed by atoms with E-state index in [1.165, 1.54) is 0 Å². The molecule has 0 bridgehead atoms. The number of nitrogens with one attached hydrogen (secondary N) is 1. The number of carbonyl (C=O) groups is 1. The molecule has 1 aromatic heterocycles. The SMILES string of the molecule is CC1(C)CC(=O)C2=C(C1)Nc1nc(-c3cccc(Cl)c3)nn1[C@H]2c1ccc(O)cc1. The average Bonchev–Trinajstić information content (AvgIpc) is 3.10. The summed E-state index contributed by atoms with van der Waals surface area (Å²) in [6, 6.07) is 13.9. The van der Waals surface area contributed by atoms with E-state index in [0.29, 0.717) is 23.2 Å². The number of aromatic hydroxyl groups is 1. The molecule has 0 amide bonds. The quantitative estimate of drug-likeness (QED) is 0.612. The summed E-state index contributed by atoms with van der Waals surface area (Å²) < 4.78 is 1.76. The molecule has 1 aliphatic heterocycles. The van der Waals surface area contributed by atoms with Gasteiger partial charge in [-0.2, -0.15) is 4.98 Å². The van der Waals surface area contributed by atoms with E-state index in [1.54, 1.807) is 22.9 Å². The van der Waals surface area contributed by atoms with E-state index in [4.69, 9.17) is 21.7 Å². The number of fused-ring (bicyclic) bond motifs is 1. The summed E-state index contributed by atoms with van der Waals surface area (Å²) in [5, 5.41) is 18.5. The molecule has 0 unspecified atom stereocenters. The van der Waals surface area contributed by atoms with Gasteiger partial charge in [-0.15, -0.1) is 5.10 Å². The topological polar surface area (TPSA) is 80.0 Å². The van der Waals surface area contributed by atoms with Crippen LogP contribution in [0.5, 0.6) is 5.75 Å². The maximum atomic E-state index is 13.2. The van der Waals surface area contributed by atoms with Crippen molar-refractivity contribution >= 4 is 23.3 Å². The van der Waals surface area contributed by atoms with Gasteiger partial charge in [0.2, 0.25) is 5.95 Å². The Kier molecular flexibility index (Phi) is 4.22. The summed E-state index contributed by atoms with van der Waals surface area (Å²) in [4.78, 5) is 17.9. The molecule has 0 saturated carbocycles. The van der Waals surface area contributed by atoms with E-state index in [0.717, 1.165) is 28.8 Å². The lowest BCUT2D eigenvalue weighted by Crippen LogP contribution is -2.36. The summed E-state index contributed by atoms with van der Waals surface area (Å²) in [5.41, 5.74) is 3.17. The molecule has 0 fully saturated rings. The summed E-state index contributed by atoms with van der Waals surface area (Å²) in [7, 11) is 0. The van der Waals surface area contributed by atoms with Gasteiger partial charge >= 0.3 is 0 Å². The van der Waals surface area contributed by atoms with E-state index in [2.05, 4.69) is 19.2 Å². The van der Waals surface area contributed by atoms with Crippen molar-refractivity contribution in [2.24, 2.45) is 5.41 Å². The Labute approximate surface area is 179 Å². The minimum Gasteiger partial charge on any atom is -0.508 e. The molecule has 2 heterocycles. The van der Waals surface area contributed by atoms with Crippen LogP contribution in [-0.4, -0.2) is 25.7 Å². The highest BCUT2D eigenvalue weighted by Crippen LogP contribution is 2.45. The predicted octanol–water partition coefficient (Wildman–Crippen LogP) is 4.96. The fourth-order valence-corrected chi connectivity index (χ4v) is 4.51. The fourth-order valence-electron chi connectivity index (χ4n) is 4.32.